The van der Waals surface area contributed by atoms with Crippen LogP contribution in [0.2, 0.25) is 5.04 Å². The van der Waals surface area contributed by atoms with E-state index in [1.165, 1.54) is 10.4 Å². The van der Waals surface area contributed by atoms with E-state index in [0.717, 1.165) is 0 Å². The summed E-state index contributed by atoms with van der Waals surface area (Å²) in [5.74, 6) is -2.15. The molecule has 7 atom stereocenters. The van der Waals surface area contributed by atoms with E-state index in [2.05, 4.69) is 90.1 Å². The summed E-state index contributed by atoms with van der Waals surface area (Å²) < 4.78 is 32.2. The van der Waals surface area contributed by atoms with E-state index in [9.17, 15) is 9.90 Å². The summed E-state index contributed by atoms with van der Waals surface area (Å²) in [5, 5.41) is 15.0. The molecule has 1 aliphatic heterocycles. The van der Waals surface area contributed by atoms with Gasteiger partial charge in [0.2, 0.25) is 0 Å². The molecule has 1 heterocycles. The lowest BCUT2D eigenvalue weighted by Gasteiger charge is -2.55. The van der Waals surface area contributed by atoms with Gasteiger partial charge in [0.05, 0.1) is 11.0 Å². The number of hydrogen-bond acceptors (Lipinski definition) is 7. The number of carbonyl (C=O) groups is 1. The Hall–Kier alpha value is -2.07. The topological polar surface area (TPSA) is 83.5 Å². The monoisotopic (exact) mass is 652 g/mol. The fraction of sp³-hybridized carbons (Fsp3) is 0.658. The van der Waals surface area contributed by atoms with Crippen molar-refractivity contribution in [2.24, 2.45) is 28.6 Å². The van der Waals surface area contributed by atoms with Crippen LogP contribution in [0.1, 0.15) is 81.6 Å². The number of methoxy groups -OCH3 is 1. The quantitative estimate of drug-likeness (QED) is 0.200. The molecule has 254 valence electrons. The zero-order valence-corrected chi connectivity index (χ0v) is 30.6. The molecule has 5 rings (SSSR count). The maximum atomic E-state index is 13.4. The number of aliphatic hydroxyl groups is 1. The van der Waals surface area contributed by atoms with Crippen molar-refractivity contribution in [2.75, 3.05) is 20.5 Å². The minimum absolute atomic E-state index is 0.0715. The average Bonchev–Trinajstić information content (AvgIpc) is 3.34. The van der Waals surface area contributed by atoms with E-state index in [1.807, 2.05) is 32.9 Å². The van der Waals surface area contributed by atoms with Crippen molar-refractivity contribution >= 4 is 24.7 Å². The zero-order valence-electron chi connectivity index (χ0n) is 29.6. The van der Waals surface area contributed by atoms with Gasteiger partial charge in [-0.05, 0) is 81.1 Å². The average molecular weight is 653 g/mol. The number of esters is 1. The maximum Gasteiger partial charge on any atom is 0.311 e. The second-order valence-electron chi connectivity index (χ2n) is 16.5. The van der Waals surface area contributed by atoms with Crippen molar-refractivity contribution in [1.82, 2.24) is 0 Å². The number of rotatable bonds is 9. The molecule has 2 aromatic rings. The minimum Gasteiger partial charge on any atom is -0.462 e. The third kappa shape index (κ3) is 5.61. The van der Waals surface area contributed by atoms with E-state index >= 15 is 0 Å². The first-order chi connectivity index (χ1) is 21.5. The first kappa shape index (κ1) is 35.2. The summed E-state index contributed by atoms with van der Waals surface area (Å²) in [6, 6.07) is 21.3. The molecular formula is C38H56O7Si. The van der Waals surface area contributed by atoms with Gasteiger partial charge in [-0.3, -0.25) is 4.79 Å². The molecule has 1 saturated heterocycles. The number of benzene rings is 2. The number of hydrogen-bond donors (Lipinski definition) is 1. The lowest BCUT2D eigenvalue weighted by atomic mass is 9.51. The molecular weight excluding hydrogens is 596 g/mol. The normalized spacial score (nSPS) is 32.5. The molecule has 1 N–H and O–H groups in total. The Labute approximate surface area is 277 Å². The summed E-state index contributed by atoms with van der Waals surface area (Å²) in [6.45, 7) is 19.2. The van der Waals surface area contributed by atoms with E-state index in [1.54, 1.807) is 7.11 Å². The second kappa shape index (κ2) is 12.4. The summed E-state index contributed by atoms with van der Waals surface area (Å²) in [5.41, 5.74) is -2.00. The van der Waals surface area contributed by atoms with Gasteiger partial charge in [-0.15, -0.1) is 0 Å². The molecule has 3 fully saturated rings. The molecule has 0 amide bonds. The molecule has 2 aromatic carbocycles. The van der Waals surface area contributed by atoms with Gasteiger partial charge in [0.15, 0.2) is 5.79 Å². The molecule has 7 nitrogen and oxygen atoms in total. The van der Waals surface area contributed by atoms with Crippen LogP contribution in [0.15, 0.2) is 60.7 Å². The van der Waals surface area contributed by atoms with Crippen molar-refractivity contribution in [2.45, 2.75) is 110 Å². The van der Waals surface area contributed by atoms with Crippen LogP contribution in [0.5, 0.6) is 0 Å². The van der Waals surface area contributed by atoms with Gasteiger partial charge in [-0.25, -0.2) is 0 Å². The van der Waals surface area contributed by atoms with Crippen molar-refractivity contribution in [3.05, 3.63) is 60.7 Å². The Morgan fingerprint density at radius 1 is 0.978 bits per heavy atom. The Balaban J connectivity index is 1.65. The van der Waals surface area contributed by atoms with E-state index < -0.39 is 36.6 Å². The maximum absolute atomic E-state index is 13.4. The van der Waals surface area contributed by atoms with Crippen LogP contribution >= 0.6 is 0 Å². The van der Waals surface area contributed by atoms with E-state index in [0.29, 0.717) is 25.9 Å². The van der Waals surface area contributed by atoms with Crippen molar-refractivity contribution in [1.29, 1.82) is 0 Å². The molecule has 0 aromatic heterocycles. The van der Waals surface area contributed by atoms with Crippen LogP contribution in [0, 0.1) is 28.6 Å². The van der Waals surface area contributed by atoms with Crippen molar-refractivity contribution in [3.8, 4) is 0 Å². The molecule has 8 heteroatoms. The summed E-state index contributed by atoms with van der Waals surface area (Å²) in [7, 11) is -1.33. The highest BCUT2D eigenvalue weighted by Crippen LogP contribution is 2.71. The highest BCUT2D eigenvalue weighted by atomic mass is 28.4. The number of carbonyl (C=O) groups excluding carboxylic acids is 1. The van der Waals surface area contributed by atoms with E-state index in [-0.39, 0.29) is 41.7 Å². The second-order valence-corrected chi connectivity index (χ2v) is 20.8. The Bertz CT molecular complexity index is 1310. The molecule has 0 radical (unpaired) electrons. The Morgan fingerprint density at radius 3 is 2.04 bits per heavy atom. The molecule has 0 bridgehead atoms. The van der Waals surface area contributed by atoms with Gasteiger partial charge in [-0.2, -0.15) is 0 Å². The smallest absolute Gasteiger partial charge is 0.311 e. The zero-order chi connectivity index (χ0) is 33.8. The summed E-state index contributed by atoms with van der Waals surface area (Å²) in [6.07, 6.45) is 1.06. The van der Waals surface area contributed by atoms with Gasteiger partial charge in [0.25, 0.3) is 8.32 Å². The Morgan fingerprint density at radius 2 is 1.54 bits per heavy atom. The van der Waals surface area contributed by atoms with Crippen LogP contribution in [0.4, 0.5) is 0 Å². The fourth-order valence-corrected chi connectivity index (χ4v) is 13.8. The van der Waals surface area contributed by atoms with Crippen LogP contribution in [0.25, 0.3) is 0 Å². The van der Waals surface area contributed by atoms with Crippen LogP contribution < -0.4 is 10.4 Å². The molecule has 2 saturated carbocycles. The summed E-state index contributed by atoms with van der Waals surface area (Å²) in [4.78, 5) is 13.4. The third-order valence-electron chi connectivity index (χ3n) is 11.3. The minimum atomic E-state index is -2.92. The standard InChI is InChI=1S/C38H56O7Si/c1-26-29(24-43-46(35(5,6)7,27-17-13-11-14-18-27)28-19-15-12-16-20-28)37-22-21-32(42-25-41-10)38(37,40)45-36(8,9)31(37)23-30(26)44-33(39)34(2,3)4/h11-20,26,29-32,40H,21-25H2,1-10H3/t26-,29-,30-,31-,32+,37-,38+/m0/s1. The van der Waals surface area contributed by atoms with E-state index in [4.69, 9.17) is 23.4 Å². The lowest BCUT2D eigenvalue weighted by molar-refractivity contribution is -0.309. The molecule has 0 unspecified atom stereocenters. The summed E-state index contributed by atoms with van der Waals surface area (Å²) >= 11 is 0. The van der Waals surface area contributed by atoms with Crippen molar-refractivity contribution < 1.29 is 33.3 Å². The van der Waals surface area contributed by atoms with Crippen LogP contribution in [-0.2, 0) is 28.2 Å². The van der Waals surface area contributed by atoms with Gasteiger partial charge in [-0.1, -0.05) is 88.4 Å². The molecule has 3 aliphatic rings. The molecule has 46 heavy (non-hydrogen) atoms. The van der Waals surface area contributed by atoms with Gasteiger partial charge >= 0.3 is 5.97 Å². The van der Waals surface area contributed by atoms with Crippen LogP contribution in [0.3, 0.4) is 0 Å². The van der Waals surface area contributed by atoms with Gasteiger partial charge in [0.1, 0.15) is 19.0 Å². The van der Waals surface area contributed by atoms with Crippen molar-refractivity contribution in [3.63, 3.8) is 0 Å². The lowest BCUT2D eigenvalue weighted by Crippen LogP contribution is -2.68. The molecule has 2 aliphatic carbocycles. The van der Waals surface area contributed by atoms with Gasteiger partial charge < -0.3 is 28.5 Å². The predicted molar refractivity (Wildman–Crippen MR) is 182 cm³/mol. The van der Waals surface area contributed by atoms with Crippen LogP contribution in [-0.4, -0.2) is 63.5 Å². The predicted octanol–water partition coefficient (Wildman–Crippen LogP) is 6.06. The first-order valence-corrected chi connectivity index (χ1v) is 18.9. The highest BCUT2D eigenvalue weighted by molar-refractivity contribution is 6.99. The largest absolute Gasteiger partial charge is 0.462 e. The Kier molecular flexibility index (Phi) is 9.52. The third-order valence-corrected chi connectivity index (χ3v) is 16.3. The fourth-order valence-electron chi connectivity index (χ4n) is 9.19. The SMILES string of the molecule is COCO[C@@H]1CC[C@]23[C@@H](CO[Si](c4ccccc4)(c4ccccc4)C(C)(C)C)[C@H](C)[C@@H](OC(=O)C(C)(C)C)C[C@H]2C(C)(C)O[C@]13O. The molecule has 1 spiro atoms. The number of ether oxygens (including phenoxy) is 4. The highest BCUT2D eigenvalue weighted by Gasteiger charge is 2.78. The first-order valence-electron chi connectivity index (χ1n) is 16.9. The van der Waals surface area contributed by atoms with Gasteiger partial charge in [0, 0.05) is 25.0 Å².